The Morgan fingerprint density at radius 2 is 2.25 bits per heavy atom. The standard InChI is InChI=1S/C15H14BrN3O/c1-9-6-14(17-8-11(9)16)19-15(20)13-7-10-4-2-3-5-12(10)18-13/h2-6,8,13,18H,7H2,1H3,(H,17,19,20). The van der Waals surface area contributed by atoms with Crippen LogP contribution in [0.15, 0.2) is 41.0 Å². The number of hydrogen-bond acceptors (Lipinski definition) is 3. The molecular formula is C15H14BrN3O. The molecule has 2 aromatic rings. The molecular weight excluding hydrogens is 318 g/mol. The van der Waals surface area contributed by atoms with Crippen LogP contribution in [0.5, 0.6) is 0 Å². The average molecular weight is 332 g/mol. The van der Waals surface area contributed by atoms with Gasteiger partial charge in [-0.1, -0.05) is 18.2 Å². The monoisotopic (exact) mass is 331 g/mol. The number of para-hydroxylation sites is 1. The van der Waals surface area contributed by atoms with Crippen molar-refractivity contribution in [3.63, 3.8) is 0 Å². The van der Waals surface area contributed by atoms with Crippen LogP contribution in [-0.2, 0) is 11.2 Å². The number of carbonyl (C=O) groups excluding carboxylic acids is 1. The highest BCUT2D eigenvalue weighted by Crippen LogP contribution is 2.26. The van der Waals surface area contributed by atoms with Gasteiger partial charge in [0.15, 0.2) is 0 Å². The van der Waals surface area contributed by atoms with Gasteiger partial charge in [-0.25, -0.2) is 4.98 Å². The van der Waals surface area contributed by atoms with Gasteiger partial charge in [-0.2, -0.15) is 0 Å². The number of hydrogen-bond donors (Lipinski definition) is 2. The van der Waals surface area contributed by atoms with Crippen LogP contribution >= 0.6 is 15.9 Å². The third kappa shape index (κ3) is 2.54. The molecule has 4 nitrogen and oxygen atoms in total. The number of carbonyl (C=O) groups is 1. The lowest BCUT2D eigenvalue weighted by Crippen LogP contribution is -2.33. The van der Waals surface area contributed by atoms with E-state index in [2.05, 4.69) is 31.5 Å². The van der Waals surface area contributed by atoms with Gasteiger partial charge in [0.05, 0.1) is 0 Å². The van der Waals surface area contributed by atoms with Crippen LogP contribution in [-0.4, -0.2) is 16.9 Å². The molecule has 3 rings (SSSR count). The Morgan fingerprint density at radius 3 is 3.00 bits per heavy atom. The van der Waals surface area contributed by atoms with Gasteiger partial charge in [-0.3, -0.25) is 4.79 Å². The predicted molar refractivity (Wildman–Crippen MR) is 82.9 cm³/mol. The number of pyridine rings is 1. The number of fused-ring (bicyclic) bond motifs is 1. The zero-order chi connectivity index (χ0) is 14.1. The van der Waals surface area contributed by atoms with Gasteiger partial charge in [-0.05, 0) is 46.1 Å². The summed E-state index contributed by atoms with van der Waals surface area (Å²) in [4.78, 5) is 16.4. The summed E-state index contributed by atoms with van der Waals surface area (Å²) in [7, 11) is 0. The molecule has 0 fully saturated rings. The van der Waals surface area contributed by atoms with Gasteiger partial charge in [0.1, 0.15) is 11.9 Å². The molecule has 2 N–H and O–H groups in total. The van der Waals surface area contributed by atoms with E-state index in [4.69, 9.17) is 0 Å². The quantitative estimate of drug-likeness (QED) is 0.888. The number of benzene rings is 1. The van der Waals surface area contributed by atoms with Gasteiger partial charge in [0.2, 0.25) is 5.91 Å². The smallest absolute Gasteiger partial charge is 0.248 e. The minimum Gasteiger partial charge on any atom is -0.373 e. The molecule has 102 valence electrons. The van der Waals surface area contributed by atoms with Crippen molar-refractivity contribution in [1.82, 2.24) is 4.98 Å². The van der Waals surface area contributed by atoms with Crippen LogP contribution in [0.1, 0.15) is 11.1 Å². The zero-order valence-corrected chi connectivity index (χ0v) is 12.6. The summed E-state index contributed by atoms with van der Waals surface area (Å²) in [5.41, 5.74) is 3.25. The Balaban J connectivity index is 1.71. The first-order valence-electron chi connectivity index (χ1n) is 6.41. The second kappa shape index (κ2) is 5.25. The Labute approximate surface area is 125 Å². The first-order valence-corrected chi connectivity index (χ1v) is 7.20. The van der Waals surface area contributed by atoms with Crippen LogP contribution in [0.3, 0.4) is 0 Å². The molecule has 20 heavy (non-hydrogen) atoms. The summed E-state index contributed by atoms with van der Waals surface area (Å²) >= 11 is 3.39. The third-order valence-corrected chi connectivity index (χ3v) is 4.22. The van der Waals surface area contributed by atoms with E-state index in [1.54, 1.807) is 6.20 Å². The maximum atomic E-state index is 12.3. The predicted octanol–water partition coefficient (Wildman–Crippen LogP) is 3.13. The maximum Gasteiger partial charge on any atom is 0.248 e. The number of anilines is 2. The molecule has 1 unspecified atom stereocenters. The highest BCUT2D eigenvalue weighted by molar-refractivity contribution is 9.10. The minimum atomic E-state index is -0.238. The van der Waals surface area contributed by atoms with Crippen LogP contribution in [0.2, 0.25) is 0 Å². The SMILES string of the molecule is Cc1cc(NC(=O)C2Cc3ccccc3N2)ncc1Br. The Morgan fingerprint density at radius 1 is 1.45 bits per heavy atom. The molecule has 1 aromatic heterocycles. The molecule has 1 amide bonds. The maximum absolute atomic E-state index is 12.3. The minimum absolute atomic E-state index is 0.0598. The summed E-state index contributed by atoms with van der Waals surface area (Å²) in [6, 6.07) is 9.59. The molecule has 1 aromatic carbocycles. The van der Waals surface area contributed by atoms with Crippen molar-refractivity contribution in [2.45, 2.75) is 19.4 Å². The topological polar surface area (TPSA) is 54.0 Å². The molecule has 1 aliphatic rings. The first-order chi connectivity index (χ1) is 9.63. The summed E-state index contributed by atoms with van der Waals surface area (Å²) in [5, 5.41) is 6.08. The second-order valence-electron chi connectivity index (χ2n) is 4.87. The van der Waals surface area contributed by atoms with Gasteiger partial charge >= 0.3 is 0 Å². The second-order valence-corrected chi connectivity index (χ2v) is 5.72. The van der Waals surface area contributed by atoms with Crippen molar-refractivity contribution in [2.24, 2.45) is 0 Å². The van der Waals surface area contributed by atoms with E-state index < -0.39 is 0 Å². The van der Waals surface area contributed by atoms with Crippen molar-refractivity contribution >= 4 is 33.3 Å². The number of halogens is 1. The lowest BCUT2D eigenvalue weighted by molar-refractivity contribution is -0.116. The fourth-order valence-corrected chi connectivity index (χ4v) is 2.49. The van der Waals surface area contributed by atoms with Crippen LogP contribution < -0.4 is 10.6 Å². The van der Waals surface area contributed by atoms with E-state index in [1.165, 1.54) is 5.56 Å². The largest absolute Gasteiger partial charge is 0.373 e. The lowest BCUT2D eigenvalue weighted by Gasteiger charge is -2.12. The average Bonchev–Trinajstić information content (AvgIpc) is 2.87. The summed E-state index contributed by atoms with van der Waals surface area (Å²) in [5.74, 6) is 0.517. The molecule has 1 atom stereocenters. The number of nitrogens with one attached hydrogen (secondary N) is 2. The molecule has 0 saturated carbocycles. The number of nitrogens with zero attached hydrogens (tertiary/aromatic N) is 1. The van der Waals surface area contributed by atoms with Crippen molar-refractivity contribution in [3.05, 3.63) is 52.1 Å². The Hall–Kier alpha value is -1.88. The Bertz CT molecular complexity index is 647. The fraction of sp³-hybridized carbons (Fsp3) is 0.200. The fourth-order valence-electron chi connectivity index (χ4n) is 2.28. The van der Waals surface area contributed by atoms with Gasteiger partial charge in [-0.15, -0.1) is 0 Å². The van der Waals surface area contributed by atoms with Crippen molar-refractivity contribution < 1.29 is 4.79 Å². The molecule has 0 radical (unpaired) electrons. The zero-order valence-electron chi connectivity index (χ0n) is 11.0. The van der Waals surface area contributed by atoms with E-state index in [9.17, 15) is 4.79 Å². The van der Waals surface area contributed by atoms with Crippen molar-refractivity contribution in [3.8, 4) is 0 Å². The normalized spacial score (nSPS) is 16.4. The van der Waals surface area contributed by atoms with Crippen LogP contribution in [0, 0.1) is 6.92 Å². The number of amides is 1. The number of aryl methyl sites for hydroxylation is 1. The Kier molecular flexibility index (Phi) is 3.44. The lowest BCUT2D eigenvalue weighted by atomic mass is 10.1. The van der Waals surface area contributed by atoms with Crippen LogP contribution in [0.25, 0.3) is 0 Å². The molecule has 0 bridgehead atoms. The van der Waals surface area contributed by atoms with E-state index in [0.717, 1.165) is 15.7 Å². The highest BCUT2D eigenvalue weighted by atomic mass is 79.9. The van der Waals surface area contributed by atoms with Crippen LogP contribution in [0.4, 0.5) is 11.5 Å². The van der Waals surface area contributed by atoms with E-state index >= 15 is 0 Å². The highest BCUT2D eigenvalue weighted by Gasteiger charge is 2.26. The summed E-state index contributed by atoms with van der Waals surface area (Å²) in [6.45, 7) is 1.96. The summed E-state index contributed by atoms with van der Waals surface area (Å²) in [6.07, 6.45) is 2.40. The van der Waals surface area contributed by atoms with E-state index in [0.29, 0.717) is 12.2 Å². The van der Waals surface area contributed by atoms with Crippen molar-refractivity contribution in [2.75, 3.05) is 10.6 Å². The molecule has 0 aliphatic carbocycles. The number of aromatic nitrogens is 1. The first kappa shape index (κ1) is 13.1. The van der Waals surface area contributed by atoms with Gasteiger partial charge < -0.3 is 10.6 Å². The molecule has 0 saturated heterocycles. The summed E-state index contributed by atoms with van der Waals surface area (Å²) < 4.78 is 0.932. The van der Waals surface area contributed by atoms with E-state index in [-0.39, 0.29) is 11.9 Å². The molecule has 2 heterocycles. The van der Waals surface area contributed by atoms with Gasteiger partial charge in [0.25, 0.3) is 0 Å². The van der Waals surface area contributed by atoms with Crippen molar-refractivity contribution in [1.29, 1.82) is 0 Å². The van der Waals surface area contributed by atoms with Gasteiger partial charge in [0, 0.05) is 22.8 Å². The number of rotatable bonds is 2. The molecule has 5 heteroatoms. The van der Waals surface area contributed by atoms with E-state index in [1.807, 2.05) is 37.3 Å². The third-order valence-electron chi connectivity index (χ3n) is 3.39. The molecule has 0 spiro atoms. The molecule has 1 aliphatic heterocycles.